The van der Waals surface area contributed by atoms with Crippen molar-refractivity contribution >= 4 is 5.97 Å². The third-order valence-corrected chi connectivity index (χ3v) is 7.32. The average Bonchev–Trinajstić information content (AvgIpc) is 3.23. The third kappa shape index (κ3) is 5.72. The summed E-state index contributed by atoms with van der Waals surface area (Å²) in [6, 6.07) is 17.0. The monoisotopic (exact) mass is 435 g/mol. The molecule has 1 saturated carbocycles. The molecule has 0 unspecified atom stereocenters. The summed E-state index contributed by atoms with van der Waals surface area (Å²) in [7, 11) is 0. The van der Waals surface area contributed by atoms with E-state index in [2.05, 4.69) is 74.2 Å². The van der Waals surface area contributed by atoms with Gasteiger partial charge in [-0.2, -0.15) is 0 Å². The highest BCUT2D eigenvalue weighted by molar-refractivity contribution is 5.70. The van der Waals surface area contributed by atoms with Gasteiger partial charge < -0.3 is 9.84 Å². The van der Waals surface area contributed by atoms with Crippen LogP contribution in [0, 0.1) is 17.3 Å². The van der Waals surface area contributed by atoms with Crippen LogP contribution < -0.4 is 4.74 Å². The van der Waals surface area contributed by atoms with Crippen LogP contribution in [0.1, 0.15) is 58.4 Å². The highest BCUT2D eigenvalue weighted by Crippen LogP contribution is 2.39. The maximum absolute atomic E-state index is 11.2. The van der Waals surface area contributed by atoms with Gasteiger partial charge in [-0.05, 0) is 84.9 Å². The molecule has 0 spiro atoms. The predicted octanol–water partition coefficient (Wildman–Crippen LogP) is 6.24. The van der Waals surface area contributed by atoms with Gasteiger partial charge in [-0.25, -0.2) is 0 Å². The van der Waals surface area contributed by atoms with Crippen molar-refractivity contribution in [3.63, 3.8) is 0 Å². The molecule has 4 heteroatoms. The van der Waals surface area contributed by atoms with E-state index in [1.54, 1.807) is 0 Å². The summed E-state index contributed by atoms with van der Waals surface area (Å²) < 4.78 is 6.39. The lowest BCUT2D eigenvalue weighted by atomic mass is 9.72. The Morgan fingerprint density at radius 1 is 1.00 bits per heavy atom. The summed E-state index contributed by atoms with van der Waals surface area (Å²) in [5.41, 5.74) is 3.95. The molecule has 4 rings (SSSR count). The van der Waals surface area contributed by atoms with E-state index in [9.17, 15) is 9.90 Å². The highest BCUT2D eigenvalue weighted by Gasteiger charge is 2.30. The first kappa shape index (κ1) is 22.8. The molecule has 4 nitrogen and oxygen atoms in total. The second kappa shape index (κ2) is 9.66. The van der Waals surface area contributed by atoms with Gasteiger partial charge in [0.25, 0.3) is 0 Å². The van der Waals surface area contributed by atoms with Crippen LogP contribution in [-0.4, -0.2) is 35.2 Å². The van der Waals surface area contributed by atoms with Crippen LogP contribution >= 0.6 is 0 Å². The Balaban J connectivity index is 1.38. The summed E-state index contributed by atoms with van der Waals surface area (Å²) >= 11 is 0. The van der Waals surface area contributed by atoms with Crippen molar-refractivity contribution < 1.29 is 14.6 Å². The van der Waals surface area contributed by atoms with Gasteiger partial charge in [0, 0.05) is 13.1 Å². The number of likely N-dealkylation sites (tertiary alicyclic amines) is 1. The Bertz CT molecular complexity index is 924. The zero-order valence-electron chi connectivity index (χ0n) is 19.7. The molecule has 0 aromatic heterocycles. The van der Waals surface area contributed by atoms with Crippen molar-refractivity contribution in [3.8, 4) is 16.9 Å². The first-order chi connectivity index (χ1) is 15.3. The lowest BCUT2D eigenvalue weighted by molar-refractivity contribution is -0.141. The number of ether oxygens (including phenoxy) is 1. The summed E-state index contributed by atoms with van der Waals surface area (Å²) in [6.07, 6.45) is 5.81. The van der Waals surface area contributed by atoms with E-state index in [1.807, 2.05) is 0 Å². The Kier molecular flexibility index (Phi) is 6.90. The lowest BCUT2D eigenvalue weighted by Gasteiger charge is -2.37. The number of carbonyl (C=O) groups is 1. The predicted molar refractivity (Wildman–Crippen MR) is 129 cm³/mol. The molecular weight excluding hydrogens is 398 g/mol. The standard InChI is InChI=1S/C28H37NO3/c1-28(2,3)24-10-12-25(13-11-24)32-26-9-5-8-22(17-26)21-7-4-6-20(16-21)18-29-15-14-23(19-29)27(30)31/h4-9,16-17,23-25H,10-15,18-19H2,1-3H3,(H,30,31)/t23-,24?,25?/m1/s1. The largest absolute Gasteiger partial charge is 0.490 e. The number of hydrogen-bond donors (Lipinski definition) is 1. The Morgan fingerprint density at radius 3 is 2.34 bits per heavy atom. The van der Waals surface area contributed by atoms with Gasteiger partial charge in [-0.1, -0.05) is 51.1 Å². The maximum Gasteiger partial charge on any atom is 0.307 e. The molecular formula is C28H37NO3. The van der Waals surface area contributed by atoms with Crippen LogP contribution in [-0.2, 0) is 11.3 Å². The van der Waals surface area contributed by atoms with Crippen molar-refractivity contribution in [1.82, 2.24) is 4.90 Å². The molecule has 1 N–H and O–H groups in total. The van der Waals surface area contributed by atoms with Gasteiger partial charge in [0.15, 0.2) is 0 Å². The number of benzene rings is 2. The minimum atomic E-state index is -0.676. The Hall–Kier alpha value is -2.33. The molecule has 1 heterocycles. The Morgan fingerprint density at radius 2 is 1.69 bits per heavy atom. The van der Waals surface area contributed by atoms with Crippen LogP contribution in [0.5, 0.6) is 5.75 Å². The molecule has 2 fully saturated rings. The van der Waals surface area contributed by atoms with Crippen molar-refractivity contribution in [3.05, 3.63) is 54.1 Å². The number of hydrogen-bond acceptors (Lipinski definition) is 3. The average molecular weight is 436 g/mol. The van der Waals surface area contributed by atoms with E-state index < -0.39 is 5.97 Å². The van der Waals surface area contributed by atoms with E-state index in [0.29, 0.717) is 18.1 Å². The third-order valence-electron chi connectivity index (χ3n) is 7.32. The molecule has 0 radical (unpaired) electrons. The van der Waals surface area contributed by atoms with Gasteiger partial charge >= 0.3 is 5.97 Å². The van der Waals surface area contributed by atoms with E-state index in [4.69, 9.17) is 4.74 Å². The SMILES string of the molecule is CC(C)(C)C1CCC(Oc2cccc(-c3cccc(CN4CC[C@@H](C(=O)O)C4)c3)c2)CC1. The minimum absolute atomic E-state index is 0.231. The number of carboxylic acid groups (broad SMARTS) is 1. The summed E-state index contributed by atoms with van der Waals surface area (Å²) in [5, 5.41) is 9.24. The van der Waals surface area contributed by atoms with Crippen LogP contribution in [0.2, 0.25) is 0 Å². The lowest BCUT2D eigenvalue weighted by Crippen LogP contribution is -2.30. The van der Waals surface area contributed by atoms with Crippen LogP contribution in [0.4, 0.5) is 0 Å². The minimum Gasteiger partial charge on any atom is -0.490 e. The summed E-state index contributed by atoms with van der Waals surface area (Å²) in [6.45, 7) is 9.34. The molecule has 1 aliphatic carbocycles. The van der Waals surface area contributed by atoms with Gasteiger partial charge in [0.05, 0.1) is 12.0 Å². The van der Waals surface area contributed by atoms with Crippen molar-refractivity contribution in [2.45, 2.75) is 65.5 Å². The van der Waals surface area contributed by atoms with Gasteiger partial charge in [0.1, 0.15) is 5.75 Å². The molecule has 32 heavy (non-hydrogen) atoms. The molecule has 2 aromatic carbocycles. The summed E-state index contributed by atoms with van der Waals surface area (Å²) in [5.74, 6) is 0.837. The number of carboxylic acids is 1. The van der Waals surface area contributed by atoms with E-state index in [1.165, 1.54) is 24.0 Å². The molecule has 172 valence electrons. The van der Waals surface area contributed by atoms with Gasteiger partial charge in [0.2, 0.25) is 0 Å². The topological polar surface area (TPSA) is 49.8 Å². The number of aliphatic carboxylic acids is 1. The van der Waals surface area contributed by atoms with Crippen LogP contribution in [0.3, 0.4) is 0 Å². The quantitative estimate of drug-likeness (QED) is 0.583. The van der Waals surface area contributed by atoms with Crippen molar-refractivity contribution in [2.75, 3.05) is 13.1 Å². The molecule has 0 amide bonds. The normalized spacial score (nSPS) is 24.4. The molecule has 1 saturated heterocycles. The van der Waals surface area contributed by atoms with E-state index in [0.717, 1.165) is 49.6 Å². The molecule has 1 aliphatic heterocycles. The molecule has 0 bridgehead atoms. The zero-order valence-corrected chi connectivity index (χ0v) is 19.7. The first-order valence-corrected chi connectivity index (χ1v) is 12.1. The molecule has 2 aromatic rings. The Labute approximate surface area is 192 Å². The highest BCUT2D eigenvalue weighted by atomic mass is 16.5. The van der Waals surface area contributed by atoms with Gasteiger partial charge in [-0.15, -0.1) is 0 Å². The molecule has 1 atom stereocenters. The van der Waals surface area contributed by atoms with Crippen molar-refractivity contribution in [2.24, 2.45) is 17.3 Å². The number of rotatable bonds is 6. The number of nitrogens with zero attached hydrogens (tertiary/aromatic N) is 1. The molecule has 2 aliphatic rings. The van der Waals surface area contributed by atoms with Crippen LogP contribution in [0.15, 0.2) is 48.5 Å². The first-order valence-electron chi connectivity index (χ1n) is 12.1. The fraction of sp³-hybridized carbons (Fsp3) is 0.536. The van der Waals surface area contributed by atoms with E-state index in [-0.39, 0.29) is 5.92 Å². The fourth-order valence-corrected chi connectivity index (χ4v) is 5.27. The smallest absolute Gasteiger partial charge is 0.307 e. The zero-order chi connectivity index (χ0) is 22.7. The van der Waals surface area contributed by atoms with Gasteiger partial charge in [-0.3, -0.25) is 9.69 Å². The fourth-order valence-electron chi connectivity index (χ4n) is 5.27. The van der Waals surface area contributed by atoms with E-state index >= 15 is 0 Å². The van der Waals surface area contributed by atoms with Crippen LogP contribution in [0.25, 0.3) is 11.1 Å². The summed E-state index contributed by atoms with van der Waals surface area (Å²) in [4.78, 5) is 13.5. The second-order valence-electron chi connectivity index (χ2n) is 10.7. The van der Waals surface area contributed by atoms with Crippen molar-refractivity contribution in [1.29, 1.82) is 0 Å². The second-order valence-corrected chi connectivity index (χ2v) is 10.7. The maximum atomic E-state index is 11.2.